The van der Waals surface area contributed by atoms with Crippen LogP contribution in [-0.2, 0) is 14.3 Å². The average Bonchev–Trinajstić information content (AvgIpc) is 3.09. The highest BCUT2D eigenvalue weighted by atomic mass is 16.5. The van der Waals surface area contributed by atoms with Crippen LogP contribution in [0, 0.1) is 0 Å². The van der Waals surface area contributed by atoms with Crippen LogP contribution in [0.5, 0.6) is 0 Å². The van der Waals surface area contributed by atoms with Gasteiger partial charge in [0.25, 0.3) is 0 Å². The van der Waals surface area contributed by atoms with Crippen molar-refractivity contribution in [3.05, 3.63) is 47.3 Å². The molecule has 142 valence electrons. The molecule has 0 saturated heterocycles. The lowest BCUT2D eigenvalue weighted by Crippen LogP contribution is -2.51. The van der Waals surface area contributed by atoms with Gasteiger partial charge in [-0.25, -0.2) is 14.4 Å². The number of aromatic amines is 1. The third-order valence-corrected chi connectivity index (χ3v) is 4.30. The summed E-state index contributed by atoms with van der Waals surface area (Å²) in [5, 5.41) is 5.96. The van der Waals surface area contributed by atoms with Gasteiger partial charge in [-0.2, -0.15) is 0 Å². The topological polar surface area (TPSA) is 110 Å². The number of fused-ring (bicyclic) bond motifs is 1. The van der Waals surface area contributed by atoms with E-state index in [1.54, 1.807) is 13.1 Å². The van der Waals surface area contributed by atoms with Crippen molar-refractivity contribution < 1.29 is 23.9 Å². The second kappa shape index (κ2) is 7.94. The fourth-order valence-electron chi connectivity index (χ4n) is 3.03. The Hall–Kier alpha value is -3.29. The molecule has 1 aliphatic rings. The van der Waals surface area contributed by atoms with Crippen LogP contribution in [0.15, 0.2) is 41.7 Å². The Morgan fingerprint density at radius 1 is 1.11 bits per heavy atom. The smallest absolute Gasteiger partial charge is 0.340 e. The maximum Gasteiger partial charge on any atom is 0.340 e. The zero-order chi connectivity index (χ0) is 19.4. The Kier molecular flexibility index (Phi) is 5.44. The molecule has 0 spiro atoms. The van der Waals surface area contributed by atoms with Crippen molar-refractivity contribution in [3.63, 3.8) is 0 Å². The van der Waals surface area contributed by atoms with Gasteiger partial charge in [-0.1, -0.05) is 25.1 Å². The minimum atomic E-state index is -0.552. The van der Waals surface area contributed by atoms with Gasteiger partial charge in [0.2, 0.25) is 0 Å². The van der Waals surface area contributed by atoms with Gasteiger partial charge < -0.3 is 25.1 Å². The summed E-state index contributed by atoms with van der Waals surface area (Å²) in [6.45, 7) is 3.50. The van der Waals surface area contributed by atoms with E-state index in [-0.39, 0.29) is 24.5 Å². The molecular weight excluding hydrogens is 350 g/mol. The van der Waals surface area contributed by atoms with E-state index in [1.165, 1.54) is 0 Å². The number of amides is 2. The van der Waals surface area contributed by atoms with E-state index in [1.807, 2.05) is 31.2 Å². The van der Waals surface area contributed by atoms with Crippen LogP contribution in [0.2, 0.25) is 0 Å². The van der Waals surface area contributed by atoms with Crippen LogP contribution in [0.4, 0.5) is 4.79 Å². The number of carbonyl (C=O) groups is 3. The second-order valence-corrected chi connectivity index (χ2v) is 6.00. The summed E-state index contributed by atoms with van der Waals surface area (Å²) in [4.78, 5) is 39.7. The number of rotatable bonds is 6. The molecule has 8 heteroatoms. The normalized spacial score (nSPS) is 16.7. The van der Waals surface area contributed by atoms with E-state index in [4.69, 9.17) is 9.47 Å². The van der Waals surface area contributed by atoms with Crippen LogP contribution >= 0.6 is 0 Å². The van der Waals surface area contributed by atoms with Crippen molar-refractivity contribution in [2.75, 3.05) is 13.2 Å². The van der Waals surface area contributed by atoms with Crippen molar-refractivity contribution in [3.8, 4) is 0 Å². The zero-order valence-electron chi connectivity index (χ0n) is 15.1. The SMILES string of the molecule is CCOC(=O)C1=C(COC(=O)c2c[nH]c3ccccc23)NC(=O)N[C@H]1CC. The summed E-state index contributed by atoms with van der Waals surface area (Å²) < 4.78 is 10.4. The highest BCUT2D eigenvalue weighted by Crippen LogP contribution is 2.20. The minimum absolute atomic E-state index is 0.203. The number of carbonyl (C=O) groups excluding carboxylic acids is 3. The highest BCUT2D eigenvalue weighted by Gasteiger charge is 2.32. The lowest BCUT2D eigenvalue weighted by molar-refractivity contribution is -0.139. The maximum absolute atomic E-state index is 12.5. The molecule has 3 N–H and O–H groups in total. The number of H-pyrrole nitrogens is 1. The Morgan fingerprint density at radius 3 is 2.63 bits per heavy atom. The van der Waals surface area contributed by atoms with Gasteiger partial charge in [-0.3, -0.25) is 0 Å². The van der Waals surface area contributed by atoms with Gasteiger partial charge in [0.05, 0.1) is 29.5 Å². The molecule has 1 aromatic heterocycles. The van der Waals surface area contributed by atoms with E-state index >= 15 is 0 Å². The van der Waals surface area contributed by atoms with E-state index in [2.05, 4.69) is 15.6 Å². The summed E-state index contributed by atoms with van der Waals surface area (Å²) in [5.74, 6) is -1.10. The molecule has 1 aliphatic heterocycles. The molecule has 1 aromatic carbocycles. The second-order valence-electron chi connectivity index (χ2n) is 6.00. The van der Waals surface area contributed by atoms with E-state index < -0.39 is 24.0 Å². The number of nitrogens with one attached hydrogen (secondary N) is 3. The first-order valence-electron chi connectivity index (χ1n) is 8.76. The lowest BCUT2D eigenvalue weighted by atomic mass is 10.0. The average molecular weight is 371 g/mol. The molecule has 2 amide bonds. The Labute approximate surface area is 155 Å². The number of ether oxygens (including phenoxy) is 2. The molecule has 8 nitrogen and oxygen atoms in total. The van der Waals surface area contributed by atoms with Crippen LogP contribution in [0.1, 0.15) is 30.6 Å². The zero-order valence-corrected chi connectivity index (χ0v) is 15.1. The molecule has 27 heavy (non-hydrogen) atoms. The standard InChI is InChI=1S/C19H21N3O5/c1-3-13-16(18(24)26-4-2)15(22-19(25)21-13)10-27-17(23)12-9-20-14-8-6-5-7-11(12)14/h5-9,13,20H,3-4,10H2,1-2H3,(H2,21,22,25)/t13-/m0/s1. The van der Waals surface area contributed by atoms with Crippen molar-refractivity contribution in [1.29, 1.82) is 0 Å². The van der Waals surface area contributed by atoms with Crippen LogP contribution < -0.4 is 10.6 Å². The van der Waals surface area contributed by atoms with E-state index in [0.717, 1.165) is 10.9 Å². The van der Waals surface area contributed by atoms with Crippen molar-refractivity contribution in [2.24, 2.45) is 0 Å². The first kappa shape index (κ1) is 18.5. The summed E-state index contributed by atoms with van der Waals surface area (Å²) >= 11 is 0. The summed E-state index contributed by atoms with van der Waals surface area (Å²) in [6.07, 6.45) is 2.07. The van der Waals surface area contributed by atoms with Gasteiger partial charge in [-0.05, 0) is 19.4 Å². The summed E-state index contributed by atoms with van der Waals surface area (Å²) in [5.41, 5.74) is 1.70. The number of para-hydroxylation sites is 1. The Morgan fingerprint density at radius 2 is 1.89 bits per heavy atom. The van der Waals surface area contributed by atoms with Gasteiger partial charge in [0.15, 0.2) is 0 Å². The van der Waals surface area contributed by atoms with Crippen molar-refractivity contribution in [1.82, 2.24) is 15.6 Å². The van der Waals surface area contributed by atoms with E-state index in [0.29, 0.717) is 12.0 Å². The fourth-order valence-corrected chi connectivity index (χ4v) is 3.03. The molecule has 0 bridgehead atoms. The third kappa shape index (κ3) is 3.79. The number of hydrogen-bond donors (Lipinski definition) is 3. The fraction of sp³-hybridized carbons (Fsp3) is 0.316. The molecule has 0 unspecified atom stereocenters. The molecule has 0 saturated carbocycles. The number of aromatic nitrogens is 1. The molecule has 0 aliphatic carbocycles. The number of benzene rings is 1. The van der Waals surface area contributed by atoms with Crippen molar-refractivity contribution >= 4 is 28.9 Å². The van der Waals surface area contributed by atoms with Gasteiger partial charge in [0, 0.05) is 17.1 Å². The number of hydrogen-bond acceptors (Lipinski definition) is 5. The monoisotopic (exact) mass is 371 g/mol. The largest absolute Gasteiger partial charge is 0.463 e. The quantitative estimate of drug-likeness (QED) is 0.675. The third-order valence-electron chi connectivity index (χ3n) is 4.30. The predicted molar refractivity (Wildman–Crippen MR) is 98.0 cm³/mol. The number of urea groups is 1. The van der Waals surface area contributed by atoms with Crippen molar-refractivity contribution in [2.45, 2.75) is 26.3 Å². The summed E-state index contributed by atoms with van der Waals surface area (Å²) in [6, 6.07) is 6.40. The van der Waals surface area contributed by atoms with Crippen LogP contribution in [0.25, 0.3) is 10.9 Å². The Balaban J connectivity index is 1.83. The Bertz CT molecular complexity index is 915. The predicted octanol–water partition coefficient (Wildman–Crippen LogP) is 2.23. The number of esters is 2. The minimum Gasteiger partial charge on any atom is -0.463 e. The van der Waals surface area contributed by atoms with Crippen LogP contribution in [0.3, 0.4) is 0 Å². The summed E-state index contributed by atoms with van der Waals surface area (Å²) in [7, 11) is 0. The maximum atomic E-state index is 12.5. The van der Waals surface area contributed by atoms with Gasteiger partial charge in [0.1, 0.15) is 6.61 Å². The molecule has 3 rings (SSSR count). The molecule has 2 aromatic rings. The van der Waals surface area contributed by atoms with Gasteiger partial charge in [-0.15, -0.1) is 0 Å². The first-order valence-corrected chi connectivity index (χ1v) is 8.76. The first-order chi connectivity index (χ1) is 13.0. The molecule has 0 fully saturated rings. The molecule has 2 heterocycles. The van der Waals surface area contributed by atoms with Crippen LogP contribution in [-0.4, -0.2) is 42.2 Å². The molecule has 1 atom stereocenters. The lowest BCUT2D eigenvalue weighted by Gasteiger charge is -2.28. The van der Waals surface area contributed by atoms with Gasteiger partial charge >= 0.3 is 18.0 Å². The molecule has 0 radical (unpaired) electrons. The van der Waals surface area contributed by atoms with E-state index in [9.17, 15) is 14.4 Å². The molecular formula is C19H21N3O5. The highest BCUT2D eigenvalue weighted by molar-refractivity contribution is 6.04.